The number of aromatic nitrogens is 4. The average molecular weight is 1100 g/mol. The molecule has 2 aromatic heterocycles. The van der Waals surface area contributed by atoms with Crippen molar-refractivity contribution in [1.29, 1.82) is 0 Å². The molecule has 79 heavy (non-hydrogen) atoms. The van der Waals surface area contributed by atoms with Gasteiger partial charge in [0, 0.05) is 74.8 Å². The van der Waals surface area contributed by atoms with Crippen LogP contribution in [0.25, 0.3) is 22.1 Å². The van der Waals surface area contributed by atoms with Crippen LogP contribution >= 0.6 is 0 Å². The van der Waals surface area contributed by atoms with Crippen molar-refractivity contribution in [2.45, 2.75) is 170 Å². The highest BCUT2D eigenvalue weighted by atomic mass is 19.1. The van der Waals surface area contributed by atoms with Gasteiger partial charge in [-0.1, -0.05) is 12.8 Å². The highest BCUT2D eigenvalue weighted by molar-refractivity contribution is 5.88. The molecule has 0 radical (unpaired) electrons. The maximum atomic E-state index is 17.1. The molecule has 11 rings (SSSR count). The number of allylic oxidation sites excluding steroid dienone is 4. The maximum absolute atomic E-state index is 17.1. The number of rotatable bonds is 14. The minimum Gasteiger partial charge on any atom is -0.453 e. The number of likely N-dealkylation sites (tertiary alicyclic amines) is 4. The van der Waals surface area contributed by atoms with Gasteiger partial charge in [0.05, 0.1) is 78.4 Å². The molecule has 4 aromatic rings. The third-order valence-electron chi connectivity index (χ3n) is 18.5. The number of hydrogen-bond acceptors (Lipinski definition) is 12. The number of carbonyl (C=O) groups is 4. The Morgan fingerprint density at radius 2 is 1.10 bits per heavy atom. The van der Waals surface area contributed by atoms with Crippen LogP contribution in [-0.2, 0) is 28.5 Å². The number of fused-ring (bicyclic) bond motifs is 4. The number of carbonyl (C=O) groups excluding carboxylic acids is 4. The number of amides is 4. The Hall–Kier alpha value is -6.42. The van der Waals surface area contributed by atoms with E-state index in [1.807, 2.05) is 0 Å². The van der Waals surface area contributed by atoms with Crippen LogP contribution in [-0.4, -0.2) is 148 Å². The van der Waals surface area contributed by atoms with Crippen LogP contribution in [0.15, 0.2) is 47.6 Å². The summed E-state index contributed by atoms with van der Waals surface area (Å²) >= 11 is 0. The second-order valence-electron chi connectivity index (χ2n) is 22.7. The SMILES string of the molecule is COC(=O)N[C@H](C(=O)N1[C@H](c2nc3cc(F)c([C@H]4CC[C@H](c5cc6[nH]c([C@@H]7C[C@@H]8CCC[C@@H]8N7C(=O)[C@@H](NC(=O)OC)[C@@H](C)OC)nc6cc5F)N4C4=CC(F)=C(N5CCCCC5)C(F)C4)cc3[nH]2)C[C@@H]2CCC[C@@H]21)[C@@H](C)OC. The van der Waals surface area contributed by atoms with E-state index >= 15 is 17.6 Å². The molecule has 6 heterocycles. The monoisotopic (exact) mass is 1100 g/mol. The number of alkyl halides is 1. The fraction of sp³-hybridized carbons (Fsp3) is 0.614. The van der Waals surface area contributed by atoms with Gasteiger partial charge < -0.3 is 59.1 Å². The van der Waals surface area contributed by atoms with E-state index in [-0.39, 0.29) is 64.7 Å². The van der Waals surface area contributed by atoms with Crippen molar-refractivity contribution in [2.75, 3.05) is 41.5 Å². The Labute approximate surface area is 456 Å². The smallest absolute Gasteiger partial charge is 0.407 e. The van der Waals surface area contributed by atoms with Gasteiger partial charge in [0.25, 0.3) is 0 Å². The summed E-state index contributed by atoms with van der Waals surface area (Å²) in [6.07, 6.45) is 6.10. The number of methoxy groups -OCH3 is 4. The van der Waals surface area contributed by atoms with Crippen molar-refractivity contribution in [2.24, 2.45) is 11.8 Å². The molecule has 4 aliphatic heterocycles. The Morgan fingerprint density at radius 3 is 1.53 bits per heavy atom. The zero-order chi connectivity index (χ0) is 55.6. The zero-order valence-electron chi connectivity index (χ0n) is 45.7. The topological polar surface area (TPSA) is 200 Å². The quantitative estimate of drug-likeness (QED) is 0.0874. The number of H-pyrrole nitrogens is 2. The number of ether oxygens (including phenoxy) is 4. The van der Waals surface area contributed by atoms with E-state index in [2.05, 4.69) is 20.6 Å². The fourth-order valence-corrected chi connectivity index (χ4v) is 14.6. The van der Waals surface area contributed by atoms with E-state index in [0.717, 1.165) is 57.8 Å². The lowest BCUT2D eigenvalue weighted by Gasteiger charge is -2.39. The standard InChI is InChI=1S/C57H72F4N10O8/c1-28(76-3)49(66-56(74)78-5)54(72)70-43-14-10-12-30(43)20-47(70)52-62-39-24-33(35(58)26-41(39)64-52)45-16-17-46(69(45)32-22-37(60)51(38(61)23-32)68-18-8-7-9-19-68)34-25-40-42(27-36(34)59)65-53(63-40)48-21-31-13-11-15-44(31)71(48)55(73)50(29(2)77-4)67-57(75)79-6/h22,24-31,38,43-50H,7-21,23H2,1-6H3,(H,62,64)(H,63,65)(H,66,74)(H,67,75)/t28-,29-,30+,31+,38?,43+,44+,45-,46-,47+,48+,49+,50+/m1/s1. The molecule has 4 saturated heterocycles. The predicted molar refractivity (Wildman–Crippen MR) is 282 cm³/mol. The number of hydrogen-bond donors (Lipinski definition) is 4. The molecule has 4 N–H and O–H groups in total. The normalized spacial score (nSPS) is 28.5. The summed E-state index contributed by atoms with van der Waals surface area (Å²) in [5.74, 6) is -1.35. The van der Waals surface area contributed by atoms with Crippen LogP contribution in [0, 0.1) is 23.5 Å². The predicted octanol–water partition coefficient (Wildman–Crippen LogP) is 9.29. The van der Waals surface area contributed by atoms with E-state index in [4.69, 9.17) is 28.9 Å². The van der Waals surface area contributed by atoms with Gasteiger partial charge >= 0.3 is 12.2 Å². The van der Waals surface area contributed by atoms with Crippen LogP contribution < -0.4 is 10.6 Å². The first kappa shape index (κ1) is 54.5. The van der Waals surface area contributed by atoms with E-state index < -0.39 is 84.3 Å². The summed E-state index contributed by atoms with van der Waals surface area (Å²) in [6.45, 7) is 4.46. The Morgan fingerprint density at radius 1 is 0.633 bits per heavy atom. The summed E-state index contributed by atoms with van der Waals surface area (Å²) in [5, 5.41) is 5.33. The molecule has 3 aliphatic carbocycles. The van der Waals surface area contributed by atoms with Gasteiger partial charge in [0.15, 0.2) is 0 Å². The third kappa shape index (κ3) is 9.95. The first-order valence-electron chi connectivity index (χ1n) is 28.2. The first-order chi connectivity index (χ1) is 38.1. The second-order valence-corrected chi connectivity index (χ2v) is 22.7. The summed E-state index contributed by atoms with van der Waals surface area (Å²) in [6, 6.07) is 0.988. The fourth-order valence-electron chi connectivity index (χ4n) is 14.6. The van der Waals surface area contributed by atoms with Gasteiger partial charge in [-0.15, -0.1) is 0 Å². The number of imidazole rings is 2. The molecule has 22 heteroatoms. The highest BCUT2D eigenvalue weighted by Gasteiger charge is 2.52. The Bertz CT molecular complexity index is 2890. The minimum atomic E-state index is -1.71. The van der Waals surface area contributed by atoms with E-state index in [9.17, 15) is 19.2 Å². The van der Waals surface area contributed by atoms with Gasteiger partial charge in [-0.05, 0) is 115 Å². The van der Waals surface area contributed by atoms with Gasteiger partial charge in [0.2, 0.25) is 11.8 Å². The van der Waals surface area contributed by atoms with E-state index in [1.165, 1.54) is 46.6 Å². The van der Waals surface area contributed by atoms with Crippen LogP contribution in [0.4, 0.5) is 27.2 Å². The molecule has 4 amide bonds. The van der Waals surface area contributed by atoms with Crippen molar-refractivity contribution in [1.82, 2.24) is 50.2 Å². The van der Waals surface area contributed by atoms with Crippen LogP contribution in [0.1, 0.15) is 151 Å². The summed E-state index contributed by atoms with van der Waals surface area (Å²) < 4.78 is 88.5. The summed E-state index contributed by atoms with van der Waals surface area (Å²) in [5.41, 5.74) is 2.33. The highest BCUT2D eigenvalue weighted by Crippen LogP contribution is 2.53. The number of aromatic amines is 2. The number of alkyl carbamates (subject to hydrolysis) is 2. The Kier molecular flexibility index (Phi) is 15.4. The number of halogens is 4. The van der Waals surface area contributed by atoms with Crippen LogP contribution in [0.2, 0.25) is 0 Å². The summed E-state index contributed by atoms with van der Waals surface area (Å²) in [4.78, 5) is 77.9. The molecule has 13 atom stereocenters. The molecule has 6 fully saturated rings. The lowest BCUT2D eigenvalue weighted by molar-refractivity contribution is -0.140. The molecule has 0 bridgehead atoms. The number of nitrogens with one attached hydrogen (secondary N) is 4. The number of piperidine rings is 1. The molecule has 2 saturated carbocycles. The minimum absolute atomic E-state index is 0.00577. The van der Waals surface area contributed by atoms with Crippen molar-refractivity contribution >= 4 is 46.1 Å². The molecule has 426 valence electrons. The third-order valence-corrected chi connectivity index (χ3v) is 18.5. The molecule has 2 aromatic carbocycles. The largest absolute Gasteiger partial charge is 0.453 e. The lowest BCUT2D eigenvalue weighted by atomic mass is 9.97. The van der Waals surface area contributed by atoms with E-state index in [1.54, 1.807) is 45.6 Å². The van der Waals surface area contributed by atoms with Crippen LogP contribution in [0.3, 0.4) is 0 Å². The van der Waals surface area contributed by atoms with Gasteiger partial charge in [-0.3, -0.25) is 9.59 Å². The molecule has 7 aliphatic rings. The van der Waals surface area contributed by atoms with Crippen molar-refractivity contribution in [3.8, 4) is 0 Å². The number of benzene rings is 2. The molecule has 0 spiro atoms. The first-order valence-corrected chi connectivity index (χ1v) is 28.2. The average Bonchev–Trinajstić information content (AvgIpc) is 4.53. The molecular weight excluding hydrogens is 1030 g/mol. The molecule has 18 nitrogen and oxygen atoms in total. The van der Waals surface area contributed by atoms with E-state index in [0.29, 0.717) is 72.5 Å². The molecule has 1 unspecified atom stereocenters. The van der Waals surface area contributed by atoms with Gasteiger partial charge in [-0.2, -0.15) is 0 Å². The van der Waals surface area contributed by atoms with Crippen LogP contribution in [0.5, 0.6) is 0 Å². The zero-order valence-corrected chi connectivity index (χ0v) is 45.7. The lowest BCUT2D eigenvalue weighted by Crippen LogP contribution is -2.55. The van der Waals surface area contributed by atoms with Crippen molar-refractivity contribution < 1.29 is 55.7 Å². The second kappa shape index (κ2) is 22.3. The Balaban J connectivity index is 0.951. The molecular formula is C57H72F4N10O8. The summed E-state index contributed by atoms with van der Waals surface area (Å²) in [7, 11) is 5.37. The van der Waals surface area contributed by atoms with Gasteiger partial charge in [0.1, 0.15) is 47.4 Å². The number of nitrogens with zero attached hydrogens (tertiary/aromatic N) is 6. The van der Waals surface area contributed by atoms with Gasteiger partial charge in [-0.25, -0.2) is 37.1 Å². The maximum Gasteiger partial charge on any atom is 0.407 e. The van der Waals surface area contributed by atoms with Crippen molar-refractivity contribution in [3.63, 3.8) is 0 Å². The van der Waals surface area contributed by atoms with Crippen molar-refractivity contribution in [3.05, 3.63) is 82.0 Å².